The number of aliphatic hydroxyl groups is 1. The Labute approximate surface area is 191 Å². The fourth-order valence-corrected chi connectivity index (χ4v) is 4.81. The van der Waals surface area contributed by atoms with Crippen LogP contribution in [0.5, 0.6) is 5.75 Å². The van der Waals surface area contributed by atoms with Crippen molar-refractivity contribution in [1.82, 2.24) is 4.67 Å². The van der Waals surface area contributed by atoms with E-state index in [4.69, 9.17) is 21.1 Å². The number of aliphatic hydroxyl groups excluding tert-OH is 1. The summed E-state index contributed by atoms with van der Waals surface area (Å²) >= 11 is 6.06. The highest BCUT2D eigenvalue weighted by atomic mass is 35.5. The second kappa shape index (κ2) is 11.8. The molecule has 0 bridgehead atoms. The molecule has 0 spiro atoms. The third-order valence-electron chi connectivity index (χ3n) is 5.72. The largest absolute Gasteiger partial charge is 0.482 e. The summed E-state index contributed by atoms with van der Waals surface area (Å²) in [5, 5.41) is 11.3. The molecule has 1 aliphatic carbocycles. The third kappa shape index (κ3) is 7.18. The number of esters is 1. The van der Waals surface area contributed by atoms with Crippen molar-refractivity contribution in [3.8, 4) is 5.75 Å². The molecule has 0 saturated heterocycles. The molecule has 4 unspecified atom stereocenters. The summed E-state index contributed by atoms with van der Waals surface area (Å²) < 4.78 is 12.7. The molecule has 1 saturated carbocycles. The lowest BCUT2D eigenvalue weighted by Crippen LogP contribution is -2.34. The van der Waals surface area contributed by atoms with Gasteiger partial charge in [-0.05, 0) is 67.5 Å². The number of rotatable bonds is 9. The molecule has 0 radical (unpaired) electrons. The lowest BCUT2D eigenvalue weighted by Gasteiger charge is -2.36. The molecule has 168 valence electrons. The molecule has 2 aromatic carbocycles. The Bertz CT molecular complexity index is 865. The van der Waals surface area contributed by atoms with Gasteiger partial charge in [0.15, 0.2) is 6.61 Å². The van der Waals surface area contributed by atoms with Crippen LogP contribution < -0.4 is 4.74 Å². The Morgan fingerprint density at radius 3 is 2.84 bits per heavy atom. The second-order valence-electron chi connectivity index (χ2n) is 7.95. The van der Waals surface area contributed by atoms with Crippen molar-refractivity contribution in [3.05, 3.63) is 64.7 Å². The summed E-state index contributed by atoms with van der Waals surface area (Å²) in [6, 6.07) is 15.7. The van der Waals surface area contributed by atoms with E-state index in [0.717, 1.165) is 31.2 Å². The second-order valence-corrected chi connectivity index (χ2v) is 9.05. The van der Waals surface area contributed by atoms with Crippen LogP contribution in [0.15, 0.2) is 48.5 Å². The first-order chi connectivity index (χ1) is 15.0. The van der Waals surface area contributed by atoms with Crippen molar-refractivity contribution in [1.29, 1.82) is 0 Å². The highest BCUT2D eigenvalue weighted by Crippen LogP contribution is 2.37. The minimum atomic E-state index is -0.587. The van der Waals surface area contributed by atoms with Gasteiger partial charge in [-0.1, -0.05) is 51.7 Å². The number of ether oxygens (including phenoxy) is 2. The van der Waals surface area contributed by atoms with Crippen LogP contribution in [0.3, 0.4) is 0 Å². The van der Waals surface area contributed by atoms with E-state index >= 15 is 0 Å². The van der Waals surface area contributed by atoms with Gasteiger partial charge < -0.3 is 14.6 Å². The number of nitrogens with zero attached hydrogens (tertiary/aromatic N) is 1. The quantitative estimate of drug-likeness (QED) is 0.412. The predicted octanol–water partition coefficient (Wildman–Crippen LogP) is 5.13. The normalized spacial score (nSPS) is 19.8. The minimum Gasteiger partial charge on any atom is -0.482 e. The summed E-state index contributed by atoms with van der Waals surface area (Å²) in [4.78, 5) is 11.5. The van der Waals surface area contributed by atoms with Gasteiger partial charge in [-0.15, -0.1) is 0 Å². The standard InChI is InChI=1S/C24H31ClNO4P/c1-2-29-24(28)16-30-22-11-5-7-18(14-22)17-6-4-10-21(13-17)26(31)15-23(27)19-8-3-9-20(25)12-19/h3,5,7-9,11-12,14,17,21,23,27H,2,4,6,10,13,15-16,31H2,1H3. The van der Waals surface area contributed by atoms with Crippen molar-refractivity contribution in [3.63, 3.8) is 0 Å². The molecule has 1 fully saturated rings. The van der Waals surface area contributed by atoms with Crippen LogP contribution in [0.25, 0.3) is 0 Å². The van der Waals surface area contributed by atoms with Crippen molar-refractivity contribution >= 4 is 27.0 Å². The Kier molecular flexibility index (Phi) is 9.15. The summed E-state index contributed by atoms with van der Waals surface area (Å²) in [6.07, 6.45) is 3.76. The predicted molar refractivity (Wildman–Crippen MR) is 126 cm³/mol. The lowest BCUT2D eigenvalue weighted by atomic mass is 9.81. The Morgan fingerprint density at radius 2 is 2.06 bits per heavy atom. The molecule has 7 heteroatoms. The zero-order valence-electron chi connectivity index (χ0n) is 17.9. The van der Waals surface area contributed by atoms with Crippen LogP contribution in [0.4, 0.5) is 0 Å². The number of halogens is 1. The third-order valence-corrected chi connectivity index (χ3v) is 6.59. The Morgan fingerprint density at radius 1 is 1.26 bits per heavy atom. The Hall–Kier alpha value is -1.65. The van der Waals surface area contributed by atoms with Crippen LogP contribution in [0.1, 0.15) is 55.8 Å². The summed E-state index contributed by atoms with van der Waals surface area (Å²) in [5.74, 6) is 0.741. The van der Waals surface area contributed by atoms with E-state index < -0.39 is 6.10 Å². The molecule has 1 aliphatic rings. The molecule has 0 aromatic heterocycles. The monoisotopic (exact) mass is 463 g/mol. The Balaban J connectivity index is 1.58. The molecular formula is C24H31ClNO4P. The molecule has 5 nitrogen and oxygen atoms in total. The first-order valence-electron chi connectivity index (χ1n) is 10.8. The minimum absolute atomic E-state index is 0.0780. The fourth-order valence-electron chi connectivity index (χ4n) is 4.14. The number of hydrogen-bond acceptors (Lipinski definition) is 5. The molecule has 0 aliphatic heterocycles. The van der Waals surface area contributed by atoms with Crippen LogP contribution in [-0.2, 0) is 9.53 Å². The maximum atomic E-state index is 11.5. The van der Waals surface area contributed by atoms with E-state index in [9.17, 15) is 9.90 Å². The highest BCUT2D eigenvalue weighted by molar-refractivity contribution is 7.13. The maximum Gasteiger partial charge on any atom is 0.344 e. The zero-order chi connectivity index (χ0) is 22.2. The first-order valence-corrected chi connectivity index (χ1v) is 11.7. The molecule has 1 N–H and O–H groups in total. The number of carbonyl (C=O) groups is 1. The summed E-state index contributed by atoms with van der Waals surface area (Å²) in [7, 11) is 2.80. The molecule has 31 heavy (non-hydrogen) atoms. The van der Waals surface area contributed by atoms with E-state index in [1.54, 1.807) is 6.92 Å². The summed E-state index contributed by atoms with van der Waals surface area (Å²) in [6.45, 7) is 2.58. The van der Waals surface area contributed by atoms with Crippen molar-refractivity contribution in [2.75, 3.05) is 19.8 Å². The van der Waals surface area contributed by atoms with Crippen LogP contribution in [0.2, 0.25) is 5.02 Å². The van der Waals surface area contributed by atoms with E-state index in [1.807, 2.05) is 42.5 Å². The lowest BCUT2D eigenvalue weighted by molar-refractivity contribution is -0.145. The smallest absolute Gasteiger partial charge is 0.344 e. The van der Waals surface area contributed by atoms with Gasteiger partial charge in [0.05, 0.1) is 12.7 Å². The van der Waals surface area contributed by atoms with E-state index in [0.29, 0.717) is 35.9 Å². The van der Waals surface area contributed by atoms with Gasteiger partial charge in [0.25, 0.3) is 0 Å². The van der Waals surface area contributed by atoms with Gasteiger partial charge in [-0.2, -0.15) is 0 Å². The van der Waals surface area contributed by atoms with Crippen LogP contribution in [-0.4, -0.2) is 41.5 Å². The van der Waals surface area contributed by atoms with Gasteiger partial charge in [-0.3, -0.25) is 4.67 Å². The molecule has 3 rings (SSSR count). The van der Waals surface area contributed by atoms with Gasteiger partial charge in [0.2, 0.25) is 0 Å². The number of hydrogen-bond donors (Lipinski definition) is 1. The van der Waals surface area contributed by atoms with Gasteiger partial charge >= 0.3 is 5.97 Å². The molecule has 0 amide bonds. The fraction of sp³-hybridized carbons (Fsp3) is 0.458. The maximum absolute atomic E-state index is 11.5. The SMILES string of the molecule is CCOC(=O)COc1cccc(C2CCCC(N(P)CC(O)c3cccc(Cl)c3)C2)c1. The van der Waals surface area contributed by atoms with Gasteiger partial charge in [0.1, 0.15) is 5.75 Å². The molecule has 0 heterocycles. The van der Waals surface area contributed by atoms with Gasteiger partial charge in [0, 0.05) is 17.6 Å². The highest BCUT2D eigenvalue weighted by Gasteiger charge is 2.27. The van der Waals surface area contributed by atoms with E-state index in [-0.39, 0.29) is 12.6 Å². The van der Waals surface area contributed by atoms with Crippen LogP contribution in [0, 0.1) is 0 Å². The average molecular weight is 464 g/mol. The number of benzene rings is 2. The van der Waals surface area contributed by atoms with Crippen molar-refractivity contribution in [2.45, 2.75) is 50.7 Å². The average Bonchev–Trinajstić information content (AvgIpc) is 2.78. The zero-order valence-corrected chi connectivity index (χ0v) is 19.8. The van der Waals surface area contributed by atoms with Crippen molar-refractivity contribution in [2.24, 2.45) is 0 Å². The number of carbonyl (C=O) groups excluding carboxylic acids is 1. The molecular weight excluding hydrogens is 433 g/mol. The topological polar surface area (TPSA) is 59.0 Å². The molecule has 2 aromatic rings. The van der Waals surface area contributed by atoms with E-state index in [2.05, 4.69) is 20.1 Å². The first kappa shape index (κ1) is 24.0. The summed E-state index contributed by atoms with van der Waals surface area (Å²) in [5.41, 5.74) is 2.05. The van der Waals surface area contributed by atoms with Gasteiger partial charge in [-0.25, -0.2) is 4.79 Å². The van der Waals surface area contributed by atoms with E-state index in [1.165, 1.54) is 5.56 Å². The molecule has 4 atom stereocenters. The van der Waals surface area contributed by atoms with Crippen molar-refractivity contribution < 1.29 is 19.4 Å². The van der Waals surface area contributed by atoms with Crippen LogP contribution >= 0.6 is 21.0 Å².